The second-order valence-electron chi connectivity index (χ2n) is 5.45. The lowest BCUT2D eigenvalue weighted by molar-refractivity contribution is -0.134. The number of hydrogen-bond acceptors (Lipinski definition) is 2. The van der Waals surface area contributed by atoms with Crippen LogP contribution in [0.5, 0.6) is 0 Å². The van der Waals surface area contributed by atoms with Gasteiger partial charge in [0.05, 0.1) is 0 Å². The first-order chi connectivity index (χ1) is 10.1. The van der Waals surface area contributed by atoms with Crippen molar-refractivity contribution in [3.8, 4) is 0 Å². The molecule has 2 aromatic rings. The summed E-state index contributed by atoms with van der Waals surface area (Å²) >= 11 is 0. The Labute approximate surface area is 125 Å². The van der Waals surface area contributed by atoms with E-state index < -0.39 is 5.60 Å². The Bertz CT molecular complexity index is 711. The molecule has 2 heteroatoms. The van der Waals surface area contributed by atoms with Gasteiger partial charge in [0.15, 0.2) is 11.4 Å². The number of benzene rings is 2. The summed E-state index contributed by atoms with van der Waals surface area (Å²) in [5.74, 6) is 0.0488. The number of ether oxygens (including phenoxy) is 1. The van der Waals surface area contributed by atoms with Gasteiger partial charge in [0.2, 0.25) is 0 Å². The molecule has 0 heterocycles. The van der Waals surface area contributed by atoms with E-state index in [1.807, 2.05) is 68.4 Å². The molecule has 2 nitrogen and oxygen atoms in total. The fourth-order valence-electron chi connectivity index (χ4n) is 3.09. The van der Waals surface area contributed by atoms with Gasteiger partial charge in [-0.15, -0.1) is 0 Å². The molecule has 21 heavy (non-hydrogen) atoms. The molecule has 1 atom stereocenters. The minimum atomic E-state index is -0.959. The predicted molar refractivity (Wildman–Crippen MR) is 83.9 cm³/mol. The summed E-state index contributed by atoms with van der Waals surface area (Å²) in [7, 11) is 1.60. The van der Waals surface area contributed by atoms with Crippen LogP contribution in [0.25, 0.3) is 5.57 Å². The molecular formula is C19H18O2. The Hall–Kier alpha value is -2.19. The zero-order chi connectivity index (χ0) is 15.0. The second-order valence-corrected chi connectivity index (χ2v) is 5.45. The van der Waals surface area contributed by atoms with Gasteiger partial charge in [-0.3, -0.25) is 4.79 Å². The monoisotopic (exact) mass is 278 g/mol. The lowest BCUT2D eigenvalue weighted by Crippen LogP contribution is -2.48. The van der Waals surface area contributed by atoms with E-state index in [0.29, 0.717) is 0 Å². The molecule has 0 saturated heterocycles. The molecule has 0 radical (unpaired) electrons. The van der Waals surface area contributed by atoms with Gasteiger partial charge in [0, 0.05) is 18.3 Å². The largest absolute Gasteiger partial charge is 0.361 e. The average Bonchev–Trinajstić information content (AvgIpc) is 2.53. The van der Waals surface area contributed by atoms with E-state index in [1.165, 1.54) is 5.56 Å². The average molecular weight is 278 g/mol. The van der Waals surface area contributed by atoms with Crippen molar-refractivity contribution in [2.24, 2.45) is 0 Å². The van der Waals surface area contributed by atoms with Crippen molar-refractivity contribution in [2.75, 3.05) is 7.11 Å². The molecule has 106 valence electrons. The maximum Gasteiger partial charge on any atom is 0.200 e. The number of Topliss-reactive ketones (excluding diaryl/α,β-unsaturated/α-hetero) is 1. The number of hydrogen-bond donors (Lipinski definition) is 0. The second kappa shape index (κ2) is 4.97. The van der Waals surface area contributed by atoms with Crippen molar-refractivity contribution < 1.29 is 9.53 Å². The molecule has 2 aromatic carbocycles. The van der Waals surface area contributed by atoms with Gasteiger partial charge in [-0.2, -0.15) is 0 Å². The van der Waals surface area contributed by atoms with E-state index >= 15 is 0 Å². The number of ketones is 1. The van der Waals surface area contributed by atoms with Gasteiger partial charge in [-0.1, -0.05) is 60.2 Å². The maximum atomic E-state index is 12.6. The van der Waals surface area contributed by atoms with Crippen molar-refractivity contribution in [3.05, 3.63) is 76.9 Å². The first-order valence-corrected chi connectivity index (χ1v) is 7.05. The fraction of sp³-hybridized carbons (Fsp3) is 0.211. The van der Waals surface area contributed by atoms with Crippen molar-refractivity contribution in [2.45, 2.75) is 19.4 Å². The minimum absolute atomic E-state index is 0.0488. The van der Waals surface area contributed by atoms with Crippen LogP contribution in [-0.2, 0) is 15.1 Å². The molecule has 3 rings (SSSR count). The topological polar surface area (TPSA) is 26.3 Å². The molecule has 0 aliphatic heterocycles. The predicted octanol–water partition coefficient (Wildman–Crippen LogP) is 3.89. The fourth-order valence-corrected chi connectivity index (χ4v) is 3.09. The summed E-state index contributed by atoms with van der Waals surface area (Å²) in [6, 6.07) is 18.0. The first kappa shape index (κ1) is 13.8. The highest BCUT2D eigenvalue weighted by atomic mass is 16.5. The number of carbonyl (C=O) groups excluding carboxylic acids is 1. The Balaban J connectivity index is 2.19. The van der Waals surface area contributed by atoms with Crippen LogP contribution in [0.1, 0.15) is 23.6 Å². The lowest BCUT2D eigenvalue weighted by Gasteiger charge is -2.43. The summed E-state index contributed by atoms with van der Waals surface area (Å²) < 4.78 is 5.74. The van der Waals surface area contributed by atoms with Gasteiger partial charge >= 0.3 is 0 Å². The summed E-state index contributed by atoms with van der Waals surface area (Å²) in [5.41, 5.74) is 3.89. The summed E-state index contributed by atoms with van der Waals surface area (Å²) in [6.45, 7) is 3.90. The van der Waals surface area contributed by atoms with Crippen molar-refractivity contribution >= 4 is 11.4 Å². The van der Waals surface area contributed by atoms with Gasteiger partial charge in [0.1, 0.15) is 0 Å². The molecule has 1 aliphatic carbocycles. The van der Waals surface area contributed by atoms with Crippen LogP contribution in [0, 0.1) is 6.92 Å². The Kier molecular flexibility index (Phi) is 3.26. The van der Waals surface area contributed by atoms with E-state index in [9.17, 15) is 4.79 Å². The van der Waals surface area contributed by atoms with Crippen molar-refractivity contribution in [1.82, 2.24) is 0 Å². The molecule has 0 fully saturated rings. The number of rotatable bonds is 3. The Morgan fingerprint density at radius 3 is 2.10 bits per heavy atom. The molecule has 0 spiro atoms. The van der Waals surface area contributed by atoms with E-state index in [0.717, 1.165) is 22.3 Å². The van der Waals surface area contributed by atoms with Crippen LogP contribution in [0.2, 0.25) is 0 Å². The molecule has 0 amide bonds. The number of carbonyl (C=O) groups is 1. The van der Waals surface area contributed by atoms with Crippen LogP contribution in [-0.4, -0.2) is 12.9 Å². The third kappa shape index (κ3) is 1.87. The van der Waals surface area contributed by atoms with Crippen LogP contribution < -0.4 is 0 Å². The first-order valence-electron chi connectivity index (χ1n) is 7.05. The quantitative estimate of drug-likeness (QED) is 0.851. The molecule has 1 aliphatic rings. The van der Waals surface area contributed by atoms with Crippen LogP contribution in [0.3, 0.4) is 0 Å². The zero-order valence-electron chi connectivity index (χ0n) is 12.5. The van der Waals surface area contributed by atoms with Crippen molar-refractivity contribution in [1.29, 1.82) is 0 Å². The minimum Gasteiger partial charge on any atom is -0.361 e. The molecule has 0 bridgehead atoms. The van der Waals surface area contributed by atoms with E-state index in [2.05, 4.69) is 0 Å². The molecular weight excluding hydrogens is 260 g/mol. The summed E-state index contributed by atoms with van der Waals surface area (Å²) in [6.07, 6.45) is 0. The third-order valence-corrected chi connectivity index (χ3v) is 4.21. The molecule has 0 saturated carbocycles. The molecule has 1 unspecified atom stereocenters. The molecule has 0 aromatic heterocycles. The lowest BCUT2D eigenvalue weighted by atomic mass is 9.66. The van der Waals surface area contributed by atoms with Gasteiger partial charge in [0.25, 0.3) is 0 Å². The van der Waals surface area contributed by atoms with Gasteiger partial charge < -0.3 is 4.74 Å². The highest BCUT2D eigenvalue weighted by molar-refractivity contribution is 6.24. The van der Waals surface area contributed by atoms with Gasteiger partial charge in [-0.05, 0) is 25.0 Å². The number of aryl methyl sites for hydroxylation is 1. The third-order valence-electron chi connectivity index (χ3n) is 4.21. The summed E-state index contributed by atoms with van der Waals surface area (Å²) in [4.78, 5) is 12.6. The SMILES string of the molecule is COC1(c2ccc(C)cc2)C(=O)C(C)=C1c1ccccc1. The smallest absolute Gasteiger partial charge is 0.200 e. The van der Waals surface area contributed by atoms with E-state index in [4.69, 9.17) is 4.74 Å². The highest BCUT2D eigenvalue weighted by Gasteiger charge is 2.54. The number of methoxy groups -OCH3 is 1. The van der Waals surface area contributed by atoms with E-state index in [1.54, 1.807) is 7.11 Å². The Morgan fingerprint density at radius 2 is 1.52 bits per heavy atom. The zero-order valence-corrected chi connectivity index (χ0v) is 12.5. The van der Waals surface area contributed by atoms with Gasteiger partial charge in [-0.25, -0.2) is 0 Å². The standard InChI is InChI=1S/C19H18O2/c1-13-9-11-16(12-10-13)19(21-3)17(14(2)18(19)20)15-7-5-4-6-8-15/h4-12H,1-3H3. The van der Waals surface area contributed by atoms with Crippen LogP contribution >= 0.6 is 0 Å². The normalized spacial score (nSPS) is 21.4. The van der Waals surface area contributed by atoms with Crippen LogP contribution in [0.15, 0.2) is 60.2 Å². The van der Waals surface area contributed by atoms with E-state index in [-0.39, 0.29) is 5.78 Å². The molecule has 0 N–H and O–H groups in total. The van der Waals surface area contributed by atoms with Crippen molar-refractivity contribution in [3.63, 3.8) is 0 Å². The maximum absolute atomic E-state index is 12.6. The summed E-state index contributed by atoms with van der Waals surface area (Å²) in [5, 5.41) is 0. The Morgan fingerprint density at radius 1 is 0.905 bits per heavy atom. The highest BCUT2D eigenvalue weighted by Crippen LogP contribution is 2.51. The van der Waals surface area contributed by atoms with Crippen LogP contribution in [0.4, 0.5) is 0 Å².